The molecule has 0 radical (unpaired) electrons. The summed E-state index contributed by atoms with van der Waals surface area (Å²) in [5.74, 6) is -1.51. The van der Waals surface area contributed by atoms with Crippen LogP contribution < -0.4 is 10.6 Å². The molecule has 0 spiro atoms. The lowest BCUT2D eigenvalue weighted by Crippen LogP contribution is -2.48. The Balaban J connectivity index is 2.04. The van der Waals surface area contributed by atoms with E-state index in [1.165, 1.54) is 12.0 Å². The van der Waals surface area contributed by atoms with E-state index in [1.807, 2.05) is 41.8 Å². The Bertz CT molecular complexity index is 1380. The first-order valence-corrected chi connectivity index (χ1v) is 11.6. The topological polar surface area (TPSA) is 79.5 Å². The third kappa shape index (κ3) is 2.76. The van der Waals surface area contributed by atoms with Crippen LogP contribution in [-0.4, -0.2) is 26.7 Å². The molecule has 1 aliphatic heterocycles. The molecule has 2 N–H and O–H groups in total. The number of rotatable bonds is 4. The second-order valence-corrected chi connectivity index (χ2v) is 9.61. The van der Waals surface area contributed by atoms with Gasteiger partial charge in [-0.2, -0.15) is 0 Å². The molecule has 5 nitrogen and oxygen atoms in total. The van der Waals surface area contributed by atoms with Crippen molar-refractivity contribution in [2.75, 3.05) is 0 Å². The number of nitrogens with zero attached hydrogens (tertiary/aromatic N) is 1. The predicted molar refractivity (Wildman–Crippen MR) is 123 cm³/mol. The number of carbonyl (C=O) groups is 2. The number of carboxylic acid groups (broad SMARTS) is 2. The molecule has 1 saturated carbocycles. The van der Waals surface area contributed by atoms with E-state index in [2.05, 4.69) is 6.07 Å². The third-order valence-corrected chi connectivity index (χ3v) is 7.71. The first kappa shape index (κ1) is 20.8. The van der Waals surface area contributed by atoms with Gasteiger partial charge in [0.15, 0.2) is 5.54 Å². The molecule has 0 bridgehead atoms. The van der Waals surface area contributed by atoms with Crippen LogP contribution in [0.5, 0.6) is 0 Å². The van der Waals surface area contributed by atoms with Crippen LogP contribution >= 0.6 is 0 Å². The molecule has 1 aromatic heterocycles. The second-order valence-electron chi connectivity index (χ2n) is 9.61. The Labute approximate surface area is 186 Å². The maximum Gasteiger partial charge on any atom is 0.334 e. The van der Waals surface area contributed by atoms with Crippen LogP contribution in [0.2, 0.25) is 0 Å². The molecule has 2 aromatic rings. The SMILES string of the molecule is CCC1(C(=O)O)C=c2ccccc2=c2c(C3CCCCC3)c3c(n21)=CC(C)(C(=O)O)C=C3. The zero-order valence-electron chi connectivity index (χ0n) is 18.6. The molecule has 32 heavy (non-hydrogen) atoms. The number of fused-ring (bicyclic) bond motifs is 4. The molecule has 166 valence electrons. The first-order chi connectivity index (χ1) is 15.3. The number of hydrogen-bond acceptors (Lipinski definition) is 2. The normalized spacial score (nSPS) is 26.3. The Morgan fingerprint density at radius 2 is 1.78 bits per heavy atom. The van der Waals surface area contributed by atoms with Crippen molar-refractivity contribution in [3.63, 3.8) is 0 Å². The van der Waals surface area contributed by atoms with Gasteiger partial charge in [-0.3, -0.25) is 4.79 Å². The second kappa shape index (κ2) is 7.22. The van der Waals surface area contributed by atoms with Gasteiger partial charge in [-0.15, -0.1) is 0 Å². The highest BCUT2D eigenvalue weighted by Gasteiger charge is 2.43. The van der Waals surface area contributed by atoms with E-state index in [9.17, 15) is 19.8 Å². The minimum atomic E-state index is -1.26. The van der Waals surface area contributed by atoms with Gasteiger partial charge in [0.05, 0.1) is 5.35 Å². The number of benzene rings is 1. The molecule has 2 atom stereocenters. The predicted octanol–water partition coefficient (Wildman–Crippen LogP) is 3.70. The van der Waals surface area contributed by atoms with Gasteiger partial charge in [0, 0.05) is 16.1 Å². The van der Waals surface area contributed by atoms with E-state index >= 15 is 0 Å². The fraction of sp³-hybridized carbons (Fsp3) is 0.407. The van der Waals surface area contributed by atoms with Crippen molar-refractivity contribution in [2.24, 2.45) is 5.41 Å². The summed E-state index contributed by atoms with van der Waals surface area (Å²) in [7, 11) is 0. The van der Waals surface area contributed by atoms with Gasteiger partial charge in [-0.25, -0.2) is 4.79 Å². The summed E-state index contributed by atoms with van der Waals surface area (Å²) in [6, 6.07) is 8.00. The van der Waals surface area contributed by atoms with Crippen LogP contribution in [-0.2, 0) is 15.1 Å². The van der Waals surface area contributed by atoms with Crippen molar-refractivity contribution in [1.29, 1.82) is 0 Å². The summed E-state index contributed by atoms with van der Waals surface area (Å²) in [5, 5.41) is 24.1. The molecule has 2 aliphatic carbocycles. The van der Waals surface area contributed by atoms with Crippen LogP contribution in [0.1, 0.15) is 69.4 Å². The van der Waals surface area contributed by atoms with Crippen molar-refractivity contribution in [2.45, 2.75) is 63.8 Å². The average Bonchev–Trinajstić information content (AvgIpc) is 3.13. The fourth-order valence-corrected chi connectivity index (χ4v) is 5.88. The number of hydrogen-bond donors (Lipinski definition) is 2. The Morgan fingerprint density at radius 3 is 2.44 bits per heavy atom. The summed E-state index contributed by atoms with van der Waals surface area (Å²) in [4.78, 5) is 25.0. The van der Waals surface area contributed by atoms with Gasteiger partial charge in [0.1, 0.15) is 5.41 Å². The van der Waals surface area contributed by atoms with Crippen molar-refractivity contribution in [3.8, 4) is 0 Å². The van der Waals surface area contributed by atoms with E-state index in [0.29, 0.717) is 12.3 Å². The highest BCUT2D eigenvalue weighted by molar-refractivity contribution is 5.89. The van der Waals surface area contributed by atoms with Crippen LogP contribution in [0, 0.1) is 16.0 Å². The summed E-state index contributed by atoms with van der Waals surface area (Å²) < 4.78 is 1.95. The molecular formula is C27H29NO4. The van der Waals surface area contributed by atoms with Crippen LogP contribution in [0.15, 0.2) is 30.3 Å². The zero-order valence-corrected chi connectivity index (χ0v) is 18.6. The van der Waals surface area contributed by atoms with Gasteiger partial charge in [0.25, 0.3) is 0 Å². The van der Waals surface area contributed by atoms with E-state index in [1.54, 1.807) is 19.1 Å². The van der Waals surface area contributed by atoms with Gasteiger partial charge < -0.3 is 14.8 Å². The molecule has 5 rings (SSSR count). The lowest BCUT2D eigenvalue weighted by molar-refractivity contribution is -0.144. The van der Waals surface area contributed by atoms with Crippen LogP contribution in [0.25, 0.3) is 18.2 Å². The Kier molecular flexibility index (Phi) is 4.70. The summed E-state index contributed by atoms with van der Waals surface area (Å²) >= 11 is 0. The maximum absolute atomic E-state index is 12.8. The van der Waals surface area contributed by atoms with Gasteiger partial charge >= 0.3 is 11.9 Å². The van der Waals surface area contributed by atoms with E-state index in [0.717, 1.165) is 52.4 Å². The van der Waals surface area contributed by atoms with Crippen LogP contribution in [0.3, 0.4) is 0 Å². The smallest absolute Gasteiger partial charge is 0.334 e. The number of carboxylic acids is 2. The monoisotopic (exact) mass is 431 g/mol. The van der Waals surface area contributed by atoms with E-state index in [-0.39, 0.29) is 0 Å². The lowest BCUT2D eigenvalue weighted by atomic mass is 9.80. The molecule has 3 aliphatic rings. The molecule has 5 heteroatoms. The maximum atomic E-state index is 12.8. The van der Waals surface area contributed by atoms with Crippen molar-refractivity contribution >= 4 is 30.2 Å². The summed E-state index contributed by atoms with van der Waals surface area (Å²) in [5.41, 5.74) is -0.253. The van der Waals surface area contributed by atoms with Gasteiger partial charge in [-0.05, 0) is 55.0 Å². The highest BCUT2D eigenvalue weighted by Crippen LogP contribution is 2.40. The minimum absolute atomic E-state index is 0.343. The third-order valence-electron chi connectivity index (χ3n) is 7.71. The van der Waals surface area contributed by atoms with Crippen molar-refractivity contribution < 1.29 is 19.8 Å². The minimum Gasteiger partial charge on any atom is -0.480 e. The van der Waals surface area contributed by atoms with Gasteiger partial charge in [-0.1, -0.05) is 62.6 Å². The van der Waals surface area contributed by atoms with Crippen LogP contribution in [0.4, 0.5) is 0 Å². The highest BCUT2D eigenvalue weighted by atomic mass is 16.4. The van der Waals surface area contributed by atoms with Crippen molar-refractivity contribution in [1.82, 2.24) is 4.57 Å². The Morgan fingerprint density at radius 1 is 1.06 bits per heavy atom. The zero-order chi connectivity index (χ0) is 22.7. The Hall–Kier alpha value is -3.08. The molecule has 0 saturated heterocycles. The molecule has 0 amide bonds. The lowest BCUT2D eigenvalue weighted by Gasteiger charge is -2.31. The molecule has 1 fully saturated rings. The summed E-state index contributed by atoms with van der Waals surface area (Å²) in [6.07, 6.45) is 13.4. The molecule has 2 heterocycles. The largest absolute Gasteiger partial charge is 0.480 e. The molecular weight excluding hydrogens is 402 g/mol. The van der Waals surface area contributed by atoms with Crippen molar-refractivity contribution in [3.05, 3.63) is 62.6 Å². The number of aliphatic carboxylic acids is 2. The van der Waals surface area contributed by atoms with E-state index < -0.39 is 22.9 Å². The molecule has 1 aromatic carbocycles. The average molecular weight is 432 g/mol. The van der Waals surface area contributed by atoms with E-state index in [4.69, 9.17) is 0 Å². The quantitative estimate of drug-likeness (QED) is 0.774. The van der Waals surface area contributed by atoms with Gasteiger partial charge in [0.2, 0.25) is 0 Å². The number of aromatic nitrogens is 1. The first-order valence-electron chi connectivity index (χ1n) is 11.6. The standard InChI is InChI=1S/C27H29NO4/c1-3-27(25(31)32)15-18-11-7-8-12-19(18)23-22(17-9-5-4-6-10-17)20-13-14-26(2,24(29)30)16-21(20)28(23)27/h7-8,11-17H,3-6,9-10H2,1-2H3,(H,29,30)(H,31,32). The molecule has 2 unspecified atom stereocenters. The fourth-order valence-electron chi connectivity index (χ4n) is 5.88. The summed E-state index contributed by atoms with van der Waals surface area (Å²) in [6.45, 7) is 3.56.